The van der Waals surface area contributed by atoms with Crippen LogP contribution in [0.15, 0.2) is 5.38 Å². The lowest BCUT2D eigenvalue weighted by molar-refractivity contribution is -0.150. The van der Waals surface area contributed by atoms with Gasteiger partial charge in [-0.25, -0.2) is 4.98 Å². The van der Waals surface area contributed by atoms with Gasteiger partial charge < -0.3 is 14.4 Å². The lowest BCUT2D eigenvalue weighted by Gasteiger charge is -2.38. The normalized spacial score (nSPS) is 23.4. The summed E-state index contributed by atoms with van der Waals surface area (Å²) in [4.78, 5) is 19.2. The fourth-order valence-electron chi connectivity index (χ4n) is 3.07. The topological polar surface area (TPSA) is 51.7 Å². The van der Waals surface area contributed by atoms with E-state index < -0.39 is 0 Å². The number of hydrogen-bond donors (Lipinski definition) is 0. The first-order valence-electron chi connectivity index (χ1n) is 8.12. The van der Waals surface area contributed by atoms with Crippen LogP contribution >= 0.6 is 11.3 Å². The van der Waals surface area contributed by atoms with Crippen LogP contribution in [0.4, 0.5) is 0 Å². The predicted molar refractivity (Wildman–Crippen MR) is 85.0 cm³/mol. The molecule has 2 aliphatic heterocycles. The Labute approximate surface area is 135 Å². The maximum atomic E-state index is 12.7. The van der Waals surface area contributed by atoms with Gasteiger partial charge in [0.2, 0.25) is 5.91 Å². The summed E-state index contributed by atoms with van der Waals surface area (Å²) in [6.07, 6.45) is 3.29. The summed E-state index contributed by atoms with van der Waals surface area (Å²) >= 11 is 1.64. The van der Waals surface area contributed by atoms with E-state index in [1.165, 1.54) is 0 Å². The van der Waals surface area contributed by atoms with E-state index in [1.54, 1.807) is 11.3 Å². The molecule has 0 radical (unpaired) electrons. The van der Waals surface area contributed by atoms with Crippen LogP contribution in [0.1, 0.15) is 49.7 Å². The third kappa shape index (κ3) is 3.50. The van der Waals surface area contributed by atoms with Crippen LogP contribution in [-0.2, 0) is 20.7 Å². The van der Waals surface area contributed by atoms with Gasteiger partial charge in [0.1, 0.15) is 0 Å². The third-order valence-electron chi connectivity index (χ3n) is 4.23. The molecule has 3 heterocycles. The zero-order valence-electron chi connectivity index (χ0n) is 13.3. The van der Waals surface area contributed by atoms with E-state index in [2.05, 4.69) is 18.8 Å². The van der Waals surface area contributed by atoms with Crippen LogP contribution in [-0.4, -0.2) is 47.9 Å². The minimum atomic E-state index is -0.245. The summed E-state index contributed by atoms with van der Waals surface area (Å²) in [5.74, 6) is 0.557. The molecule has 1 aromatic rings. The molecule has 0 saturated carbocycles. The average molecular weight is 324 g/mol. The number of nitrogens with zero attached hydrogens (tertiary/aromatic N) is 2. The second kappa shape index (κ2) is 7.06. The lowest BCUT2D eigenvalue weighted by Crippen LogP contribution is -2.50. The fraction of sp³-hybridized carbons (Fsp3) is 0.750. The van der Waals surface area contributed by atoms with Crippen LogP contribution in [0.5, 0.6) is 0 Å². The molecule has 2 aliphatic rings. The number of rotatable bonds is 4. The summed E-state index contributed by atoms with van der Waals surface area (Å²) in [5.41, 5.74) is 0.885. The number of hydrogen-bond acceptors (Lipinski definition) is 5. The minimum Gasteiger partial charge on any atom is -0.348 e. The number of ether oxygens (including phenoxy) is 2. The Morgan fingerprint density at radius 1 is 1.41 bits per heavy atom. The molecule has 1 aromatic heterocycles. The number of aromatic nitrogens is 1. The Bertz CT molecular complexity index is 511. The Hall–Kier alpha value is -0.980. The van der Waals surface area contributed by atoms with Crippen molar-refractivity contribution in [3.05, 3.63) is 16.1 Å². The third-order valence-corrected chi connectivity index (χ3v) is 5.42. The first-order valence-corrected chi connectivity index (χ1v) is 9.00. The number of carbonyl (C=O) groups is 1. The van der Waals surface area contributed by atoms with Crippen molar-refractivity contribution in [2.75, 3.05) is 19.8 Å². The second-order valence-corrected chi connectivity index (χ2v) is 7.16. The number of piperidine rings is 1. The van der Waals surface area contributed by atoms with Crippen molar-refractivity contribution < 1.29 is 14.3 Å². The highest BCUT2D eigenvalue weighted by molar-refractivity contribution is 7.09. The summed E-state index contributed by atoms with van der Waals surface area (Å²) in [6, 6.07) is 0.0620. The van der Waals surface area contributed by atoms with Gasteiger partial charge in [-0.05, 0) is 19.3 Å². The SMILES string of the molecule is CC(C)c1nc(CC(=O)N2CCCCC2C2OCCO2)cs1. The molecule has 0 aliphatic carbocycles. The van der Waals surface area contributed by atoms with Gasteiger partial charge in [0.15, 0.2) is 6.29 Å². The summed E-state index contributed by atoms with van der Waals surface area (Å²) in [7, 11) is 0. The van der Waals surface area contributed by atoms with E-state index in [4.69, 9.17) is 9.47 Å². The Morgan fingerprint density at radius 2 is 2.18 bits per heavy atom. The first kappa shape index (κ1) is 15.9. The van der Waals surface area contributed by atoms with Crippen LogP contribution < -0.4 is 0 Å². The Kier molecular flexibility index (Phi) is 5.10. The minimum absolute atomic E-state index is 0.0620. The molecule has 0 N–H and O–H groups in total. The zero-order valence-corrected chi connectivity index (χ0v) is 14.1. The molecule has 0 aromatic carbocycles. The van der Waals surface area contributed by atoms with E-state index >= 15 is 0 Å². The monoisotopic (exact) mass is 324 g/mol. The number of likely N-dealkylation sites (tertiary alicyclic amines) is 1. The summed E-state index contributed by atoms with van der Waals surface area (Å²) < 4.78 is 11.3. The Morgan fingerprint density at radius 3 is 2.86 bits per heavy atom. The molecule has 0 spiro atoms. The maximum Gasteiger partial charge on any atom is 0.229 e. The van der Waals surface area contributed by atoms with E-state index in [9.17, 15) is 4.79 Å². The van der Waals surface area contributed by atoms with Gasteiger partial charge in [-0.2, -0.15) is 0 Å². The largest absolute Gasteiger partial charge is 0.348 e. The molecule has 22 heavy (non-hydrogen) atoms. The molecule has 2 saturated heterocycles. The molecule has 2 fully saturated rings. The Balaban J connectivity index is 1.65. The summed E-state index contributed by atoms with van der Waals surface area (Å²) in [6.45, 7) is 6.31. The highest BCUT2D eigenvalue weighted by Gasteiger charge is 2.36. The van der Waals surface area contributed by atoms with Gasteiger partial charge >= 0.3 is 0 Å². The van der Waals surface area contributed by atoms with E-state index in [0.717, 1.165) is 36.5 Å². The van der Waals surface area contributed by atoms with Gasteiger partial charge in [0.25, 0.3) is 0 Å². The quantitative estimate of drug-likeness (QED) is 0.854. The van der Waals surface area contributed by atoms with Crippen molar-refractivity contribution in [3.8, 4) is 0 Å². The van der Waals surface area contributed by atoms with Crippen molar-refractivity contribution >= 4 is 17.2 Å². The smallest absolute Gasteiger partial charge is 0.229 e. The van der Waals surface area contributed by atoms with Crippen LogP contribution in [0, 0.1) is 0 Å². The van der Waals surface area contributed by atoms with Crippen molar-refractivity contribution in [3.63, 3.8) is 0 Å². The molecule has 1 amide bonds. The molecular weight excluding hydrogens is 300 g/mol. The fourth-order valence-corrected chi connectivity index (χ4v) is 3.91. The standard InChI is InChI=1S/C16H24N2O3S/c1-11(2)15-17-12(10-22-15)9-14(19)18-6-4-3-5-13(18)16-20-7-8-21-16/h10-11,13,16H,3-9H2,1-2H3. The molecule has 6 heteroatoms. The summed E-state index contributed by atoms with van der Waals surface area (Å²) in [5, 5.41) is 3.11. The van der Waals surface area contributed by atoms with Crippen molar-refractivity contribution in [2.45, 2.75) is 57.8 Å². The van der Waals surface area contributed by atoms with E-state index in [-0.39, 0.29) is 18.2 Å². The zero-order chi connectivity index (χ0) is 15.5. The van der Waals surface area contributed by atoms with Crippen LogP contribution in [0.3, 0.4) is 0 Å². The van der Waals surface area contributed by atoms with Crippen molar-refractivity contribution in [2.24, 2.45) is 0 Å². The predicted octanol–water partition coefficient (Wildman–Crippen LogP) is 2.56. The highest BCUT2D eigenvalue weighted by Crippen LogP contribution is 2.26. The van der Waals surface area contributed by atoms with Crippen LogP contribution in [0.2, 0.25) is 0 Å². The van der Waals surface area contributed by atoms with Gasteiger partial charge in [0, 0.05) is 17.8 Å². The van der Waals surface area contributed by atoms with Crippen molar-refractivity contribution in [1.82, 2.24) is 9.88 Å². The van der Waals surface area contributed by atoms with Crippen LogP contribution in [0.25, 0.3) is 0 Å². The molecule has 0 bridgehead atoms. The molecule has 3 rings (SSSR count). The molecule has 5 nitrogen and oxygen atoms in total. The van der Waals surface area contributed by atoms with Gasteiger partial charge in [-0.3, -0.25) is 4.79 Å². The number of amides is 1. The molecular formula is C16H24N2O3S. The first-order chi connectivity index (χ1) is 10.6. The maximum absolute atomic E-state index is 12.7. The average Bonchev–Trinajstić information content (AvgIpc) is 3.18. The van der Waals surface area contributed by atoms with Gasteiger partial charge in [-0.1, -0.05) is 13.8 Å². The number of thiazole rings is 1. The van der Waals surface area contributed by atoms with Gasteiger partial charge in [0.05, 0.1) is 36.4 Å². The van der Waals surface area contributed by atoms with Crippen molar-refractivity contribution in [1.29, 1.82) is 0 Å². The second-order valence-electron chi connectivity index (χ2n) is 6.27. The lowest BCUT2D eigenvalue weighted by atomic mass is 10.0. The molecule has 1 unspecified atom stereocenters. The van der Waals surface area contributed by atoms with Gasteiger partial charge in [-0.15, -0.1) is 11.3 Å². The number of carbonyl (C=O) groups excluding carboxylic acids is 1. The molecule has 122 valence electrons. The molecule has 1 atom stereocenters. The highest BCUT2D eigenvalue weighted by atomic mass is 32.1. The van der Waals surface area contributed by atoms with E-state index in [1.807, 2.05) is 10.3 Å². The van der Waals surface area contributed by atoms with E-state index in [0.29, 0.717) is 25.6 Å².